The predicted molar refractivity (Wildman–Crippen MR) is 143 cm³/mol. The van der Waals surface area contributed by atoms with E-state index >= 15 is 0 Å². The number of nitrogens with two attached hydrogens (primary N) is 1. The van der Waals surface area contributed by atoms with Crippen molar-refractivity contribution < 1.29 is 19.1 Å². The van der Waals surface area contributed by atoms with Gasteiger partial charge in [0.2, 0.25) is 11.7 Å². The zero-order chi connectivity index (χ0) is 27.3. The molecule has 0 bridgehead atoms. The average molecular weight is 507 g/mol. The Bertz CT molecular complexity index is 1250. The maximum absolute atomic E-state index is 11.8. The van der Waals surface area contributed by atoms with Gasteiger partial charge in [-0.3, -0.25) is 15.0 Å². The molecular weight excluding hydrogens is 472 g/mol. The number of hydrazone groups is 1. The smallest absolute Gasteiger partial charge is 0.294 e. The van der Waals surface area contributed by atoms with Crippen molar-refractivity contribution in [3.05, 3.63) is 57.8 Å². The molecule has 2 heterocycles. The van der Waals surface area contributed by atoms with Gasteiger partial charge < -0.3 is 15.8 Å². The van der Waals surface area contributed by atoms with Crippen LogP contribution in [0.1, 0.15) is 44.7 Å². The van der Waals surface area contributed by atoms with Gasteiger partial charge >= 0.3 is 0 Å². The van der Waals surface area contributed by atoms with Crippen LogP contribution < -0.4 is 26.1 Å². The molecule has 2 aliphatic heterocycles. The first-order valence-corrected chi connectivity index (χ1v) is 12.2. The third-order valence-corrected chi connectivity index (χ3v) is 6.65. The maximum Gasteiger partial charge on any atom is 0.294 e. The fourth-order valence-corrected chi connectivity index (χ4v) is 4.14. The Morgan fingerprint density at radius 3 is 2.43 bits per heavy atom. The fraction of sp³-hybridized carbons (Fsp3) is 0.407. The molecule has 10 heteroatoms. The van der Waals surface area contributed by atoms with E-state index in [1.165, 1.54) is 5.01 Å². The molecule has 1 amide bonds. The second kappa shape index (κ2) is 11.8. The Balaban J connectivity index is 2.04. The van der Waals surface area contributed by atoms with Gasteiger partial charge in [0.1, 0.15) is 17.2 Å². The summed E-state index contributed by atoms with van der Waals surface area (Å²) in [6, 6.07) is 3.58. The van der Waals surface area contributed by atoms with E-state index in [1.807, 2.05) is 39.7 Å². The number of allylic oxidation sites excluding steroid dienone is 2. The number of likely N-dealkylation sites (tertiary alicyclic amines) is 1. The van der Waals surface area contributed by atoms with Crippen molar-refractivity contribution in [3.63, 3.8) is 0 Å². The number of hydrogen-bond donors (Lipinski definition) is 3. The van der Waals surface area contributed by atoms with Crippen LogP contribution in [0.3, 0.4) is 0 Å². The van der Waals surface area contributed by atoms with Crippen LogP contribution in [0, 0.1) is 13.8 Å². The standard InChI is InChI=1S/C27H34N6O4/c1-7-16(2)23(13-21(22(14-34)29-6)19(5)32-9-8-10-32)37-25-17(3)11-20(12-18(25)4)33-24(15-35)30-27(36)26(28)31-33/h11-13,19,29H,7-10H2,1-6H3,(H2,28,31)(H,30,36)/b21-13-,23-16-. The summed E-state index contributed by atoms with van der Waals surface area (Å²) in [6.07, 6.45) is 3.80. The summed E-state index contributed by atoms with van der Waals surface area (Å²) in [6.45, 7) is 11.8. The number of benzene rings is 1. The minimum Gasteiger partial charge on any atom is -0.457 e. The molecule has 1 unspecified atom stereocenters. The summed E-state index contributed by atoms with van der Waals surface area (Å²) in [5.74, 6) is 3.93. The first kappa shape index (κ1) is 27.5. The molecule has 37 heavy (non-hydrogen) atoms. The second-order valence-corrected chi connectivity index (χ2v) is 9.10. The lowest BCUT2D eigenvalue weighted by molar-refractivity contribution is -0.114. The van der Waals surface area contributed by atoms with Gasteiger partial charge in [-0.2, -0.15) is 0 Å². The van der Waals surface area contributed by atoms with Gasteiger partial charge in [0.05, 0.1) is 5.69 Å². The molecule has 1 aromatic rings. The number of ether oxygens (including phenoxy) is 1. The molecule has 2 aliphatic rings. The van der Waals surface area contributed by atoms with Crippen molar-refractivity contribution >= 4 is 29.3 Å². The Hall–Kier alpha value is -4.10. The minimum absolute atomic E-state index is 0.0108. The van der Waals surface area contributed by atoms with E-state index in [-0.39, 0.29) is 17.7 Å². The first-order chi connectivity index (χ1) is 17.6. The lowest BCUT2D eigenvalue weighted by Crippen LogP contribution is -2.46. The van der Waals surface area contributed by atoms with Crippen LogP contribution in [0.4, 0.5) is 5.69 Å². The van der Waals surface area contributed by atoms with E-state index in [0.29, 0.717) is 22.9 Å². The van der Waals surface area contributed by atoms with Crippen molar-refractivity contribution in [1.29, 1.82) is 0 Å². The number of amides is 1. The third-order valence-electron chi connectivity index (χ3n) is 6.65. The van der Waals surface area contributed by atoms with Crippen LogP contribution in [0.25, 0.3) is 0 Å². The van der Waals surface area contributed by atoms with E-state index in [0.717, 1.165) is 48.2 Å². The highest BCUT2D eigenvalue weighted by Crippen LogP contribution is 2.34. The molecule has 0 aliphatic carbocycles. The van der Waals surface area contributed by atoms with Gasteiger partial charge in [0, 0.05) is 18.7 Å². The summed E-state index contributed by atoms with van der Waals surface area (Å²) >= 11 is 0. The van der Waals surface area contributed by atoms with E-state index in [2.05, 4.69) is 27.6 Å². The number of likely N-dealkylation sites (N-methyl/N-ethyl adjacent to an activating group) is 1. The maximum atomic E-state index is 11.8. The van der Waals surface area contributed by atoms with Crippen LogP contribution in [0.2, 0.25) is 0 Å². The van der Waals surface area contributed by atoms with Crippen molar-refractivity contribution in [1.82, 2.24) is 15.5 Å². The number of nitrogens with one attached hydrogen (secondary N) is 2. The number of carbonyl (C=O) groups excluding carboxylic acids is 3. The van der Waals surface area contributed by atoms with Crippen molar-refractivity contribution in [2.45, 2.75) is 53.5 Å². The summed E-state index contributed by atoms with van der Waals surface area (Å²) < 4.78 is 6.49. The summed E-state index contributed by atoms with van der Waals surface area (Å²) in [5.41, 5.74) is 9.96. The summed E-state index contributed by atoms with van der Waals surface area (Å²) in [5, 5.41) is 10.6. The zero-order valence-electron chi connectivity index (χ0n) is 22.2. The quantitative estimate of drug-likeness (QED) is 0.264. The summed E-state index contributed by atoms with van der Waals surface area (Å²) in [7, 11) is 1.71. The van der Waals surface area contributed by atoms with E-state index in [4.69, 9.17) is 10.5 Å². The average Bonchev–Trinajstić information content (AvgIpc) is 2.84. The number of nitrogens with zero attached hydrogens (tertiary/aromatic N) is 3. The van der Waals surface area contributed by atoms with Gasteiger partial charge in [-0.05, 0) is 88.5 Å². The Morgan fingerprint density at radius 1 is 1.30 bits per heavy atom. The fourth-order valence-electron chi connectivity index (χ4n) is 4.14. The van der Waals surface area contributed by atoms with Crippen LogP contribution in [0.15, 0.2) is 51.7 Å². The number of hydrogen-bond acceptors (Lipinski definition) is 9. The molecular formula is C27H34N6O4. The van der Waals surface area contributed by atoms with E-state index < -0.39 is 5.91 Å². The normalized spacial score (nSPS) is 17.5. The largest absolute Gasteiger partial charge is 0.457 e. The molecule has 3 rings (SSSR count). The van der Waals surface area contributed by atoms with Crippen LogP contribution in [0.5, 0.6) is 5.75 Å². The molecule has 1 aromatic carbocycles. The monoisotopic (exact) mass is 506 g/mol. The SMILES string of the molecule is CC/C(C)=C(/C=C(\C(=C=O)NC)C(C)N1CCC1)Oc1c(C)cc(N2N=C(N)C(=O)NC2=C=O)cc1C. The van der Waals surface area contributed by atoms with Gasteiger partial charge in [-0.15, -0.1) is 5.10 Å². The Kier molecular flexibility index (Phi) is 8.73. The number of anilines is 1. The lowest BCUT2D eigenvalue weighted by Gasteiger charge is -2.37. The van der Waals surface area contributed by atoms with Crippen LogP contribution in [-0.4, -0.2) is 54.7 Å². The molecule has 0 aromatic heterocycles. The topological polar surface area (TPSA) is 129 Å². The highest BCUT2D eigenvalue weighted by molar-refractivity contribution is 6.38. The molecule has 0 saturated carbocycles. The molecule has 4 N–H and O–H groups in total. The molecule has 196 valence electrons. The van der Waals surface area contributed by atoms with Crippen molar-refractivity contribution in [2.75, 3.05) is 25.1 Å². The van der Waals surface area contributed by atoms with Gasteiger partial charge in [0.25, 0.3) is 5.91 Å². The molecule has 10 nitrogen and oxygen atoms in total. The predicted octanol–water partition coefficient (Wildman–Crippen LogP) is 2.20. The van der Waals surface area contributed by atoms with Crippen molar-refractivity contribution in [3.8, 4) is 5.75 Å². The van der Waals surface area contributed by atoms with Crippen molar-refractivity contribution in [2.24, 2.45) is 10.8 Å². The Morgan fingerprint density at radius 2 is 1.95 bits per heavy atom. The Labute approximate surface area is 217 Å². The third kappa shape index (κ3) is 5.84. The van der Waals surface area contributed by atoms with Gasteiger partial charge in [-0.25, -0.2) is 14.6 Å². The number of carbonyl (C=O) groups is 1. The number of aryl methyl sites for hydroxylation is 2. The molecule has 1 atom stereocenters. The van der Waals surface area contributed by atoms with Crippen LogP contribution in [-0.2, 0) is 14.4 Å². The number of amidine groups is 1. The molecule has 0 spiro atoms. The molecule has 1 fully saturated rings. The zero-order valence-corrected chi connectivity index (χ0v) is 22.2. The molecule has 0 radical (unpaired) electrons. The molecule has 1 saturated heterocycles. The van der Waals surface area contributed by atoms with E-state index in [9.17, 15) is 14.4 Å². The van der Waals surface area contributed by atoms with Gasteiger partial charge in [-0.1, -0.05) is 6.92 Å². The highest BCUT2D eigenvalue weighted by Gasteiger charge is 2.27. The minimum atomic E-state index is -0.659. The highest BCUT2D eigenvalue weighted by atomic mass is 16.5. The number of rotatable bonds is 9. The van der Waals surface area contributed by atoms with Crippen LogP contribution >= 0.6 is 0 Å². The summed E-state index contributed by atoms with van der Waals surface area (Å²) in [4.78, 5) is 37.3. The second-order valence-electron chi connectivity index (χ2n) is 9.10. The van der Waals surface area contributed by atoms with E-state index in [1.54, 1.807) is 25.1 Å². The van der Waals surface area contributed by atoms with Gasteiger partial charge in [0.15, 0.2) is 11.9 Å². The lowest BCUT2D eigenvalue weighted by atomic mass is 9.99. The first-order valence-electron chi connectivity index (χ1n) is 12.2.